The number of alkyl halides is 2. The summed E-state index contributed by atoms with van der Waals surface area (Å²) in [5, 5.41) is 1.58. The minimum Gasteiger partial charge on any atom is -0.296 e. The third-order valence-corrected chi connectivity index (χ3v) is 2.28. The van der Waals surface area contributed by atoms with Gasteiger partial charge in [-0.15, -0.1) is 0 Å². The molecule has 0 bridgehead atoms. The first-order chi connectivity index (χ1) is 7.13. The second-order valence-corrected chi connectivity index (χ2v) is 3.30. The summed E-state index contributed by atoms with van der Waals surface area (Å²) in [4.78, 5) is 10.2. The van der Waals surface area contributed by atoms with Crippen molar-refractivity contribution < 1.29 is 13.6 Å². The van der Waals surface area contributed by atoms with Gasteiger partial charge in [0.05, 0.1) is 0 Å². The number of aldehydes is 1. The largest absolute Gasteiger partial charge is 0.327 e. The number of carbonyl (C=O) groups excluding carboxylic acids is 1. The molecular formula is C12H8F2O. The maximum atomic E-state index is 13.0. The molecule has 2 aromatic carbocycles. The highest BCUT2D eigenvalue weighted by atomic mass is 19.3. The van der Waals surface area contributed by atoms with E-state index in [1.807, 2.05) is 12.1 Å². The molecule has 0 aromatic heterocycles. The van der Waals surface area contributed by atoms with E-state index in [4.69, 9.17) is 0 Å². The minimum atomic E-state index is -3.40. The number of fused-ring (bicyclic) bond motifs is 1. The molecule has 0 aliphatic carbocycles. The summed E-state index contributed by atoms with van der Waals surface area (Å²) >= 11 is 0. The van der Waals surface area contributed by atoms with Gasteiger partial charge in [0.1, 0.15) is 0 Å². The smallest absolute Gasteiger partial charge is 0.296 e. The topological polar surface area (TPSA) is 17.1 Å². The van der Waals surface area contributed by atoms with Gasteiger partial charge in [-0.1, -0.05) is 36.4 Å². The number of rotatable bonds is 2. The lowest BCUT2D eigenvalue weighted by Crippen LogP contribution is -2.14. The van der Waals surface area contributed by atoms with Gasteiger partial charge >= 0.3 is 5.92 Å². The van der Waals surface area contributed by atoms with Crippen LogP contribution in [0, 0.1) is 0 Å². The zero-order chi connectivity index (χ0) is 10.9. The third kappa shape index (κ3) is 1.73. The van der Waals surface area contributed by atoms with Gasteiger partial charge in [0, 0.05) is 5.56 Å². The van der Waals surface area contributed by atoms with Crippen molar-refractivity contribution in [3.63, 3.8) is 0 Å². The molecule has 0 unspecified atom stereocenters. The van der Waals surface area contributed by atoms with Crippen molar-refractivity contribution in [2.45, 2.75) is 5.92 Å². The fourth-order valence-corrected chi connectivity index (χ4v) is 1.46. The Morgan fingerprint density at radius 3 is 2.33 bits per heavy atom. The van der Waals surface area contributed by atoms with Gasteiger partial charge in [-0.05, 0) is 16.8 Å². The summed E-state index contributed by atoms with van der Waals surface area (Å²) in [6.07, 6.45) is -0.336. The summed E-state index contributed by atoms with van der Waals surface area (Å²) in [6, 6.07) is 11.4. The maximum Gasteiger partial charge on any atom is 0.327 e. The molecule has 0 heterocycles. The highest BCUT2D eigenvalue weighted by Crippen LogP contribution is 2.28. The van der Waals surface area contributed by atoms with Gasteiger partial charge in [-0.2, -0.15) is 8.78 Å². The Morgan fingerprint density at radius 2 is 1.67 bits per heavy atom. The third-order valence-electron chi connectivity index (χ3n) is 2.28. The van der Waals surface area contributed by atoms with Crippen LogP contribution in [0.25, 0.3) is 10.8 Å². The van der Waals surface area contributed by atoms with Crippen molar-refractivity contribution in [2.24, 2.45) is 0 Å². The highest BCUT2D eigenvalue weighted by molar-refractivity contribution is 5.84. The summed E-state index contributed by atoms with van der Waals surface area (Å²) in [5.74, 6) is -3.40. The van der Waals surface area contributed by atoms with Crippen molar-refractivity contribution in [3.05, 3.63) is 48.0 Å². The van der Waals surface area contributed by atoms with E-state index < -0.39 is 5.92 Å². The molecule has 0 N–H and O–H groups in total. The Balaban J connectivity index is 2.61. The average molecular weight is 206 g/mol. The van der Waals surface area contributed by atoms with Gasteiger partial charge in [0.25, 0.3) is 0 Å². The number of hydrogen-bond donors (Lipinski definition) is 0. The fraction of sp³-hybridized carbons (Fsp3) is 0.0833. The molecule has 0 aliphatic heterocycles. The molecule has 0 amide bonds. The summed E-state index contributed by atoms with van der Waals surface area (Å²) in [7, 11) is 0. The van der Waals surface area contributed by atoms with Crippen molar-refractivity contribution in [1.29, 1.82) is 0 Å². The number of hydrogen-bond acceptors (Lipinski definition) is 1. The normalized spacial score (nSPS) is 11.6. The van der Waals surface area contributed by atoms with Crippen LogP contribution < -0.4 is 0 Å². The van der Waals surface area contributed by atoms with E-state index in [9.17, 15) is 13.6 Å². The first-order valence-electron chi connectivity index (χ1n) is 4.47. The lowest BCUT2D eigenvalue weighted by Gasteiger charge is -2.09. The van der Waals surface area contributed by atoms with Gasteiger partial charge in [0.15, 0.2) is 6.29 Å². The molecule has 0 aliphatic rings. The van der Waals surface area contributed by atoms with Crippen molar-refractivity contribution in [2.75, 3.05) is 0 Å². The quantitative estimate of drug-likeness (QED) is 0.690. The van der Waals surface area contributed by atoms with Crippen LogP contribution in [0.2, 0.25) is 0 Å². The van der Waals surface area contributed by atoms with Gasteiger partial charge < -0.3 is 0 Å². The summed E-state index contributed by atoms with van der Waals surface area (Å²) < 4.78 is 26.1. The van der Waals surface area contributed by atoms with Crippen LogP contribution in [-0.4, -0.2) is 6.29 Å². The standard InChI is InChI=1S/C12H8F2O/c13-12(14,8-15)11-6-5-9-3-1-2-4-10(9)7-11/h1-8H. The summed E-state index contributed by atoms with van der Waals surface area (Å²) in [5.41, 5.74) is -0.267. The van der Waals surface area contributed by atoms with Crippen molar-refractivity contribution in [3.8, 4) is 0 Å². The minimum absolute atomic E-state index is 0.267. The molecule has 2 rings (SSSR count). The first-order valence-corrected chi connectivity index (χ1v) is 4.47. The number of benzene rings is 2. The Morgan fingerprint density at radius 1 is 1.00 bits per heavy atom. The van der Waals surface area contributed by atoms with E-state index in [1.54, 1.807) is 18.2 Å². The second-order valence-electron chi connectivity index (χ2n) is 3.30. The first kappa shape index (κ1) is 9.77. The molecule has 1 nitrogen and oxygen atoms in total. The molecule has 0 fully saturated rings. The Bertz CT molecular complexity index is 506. The van der Waals surface area contributed by atoms with Gasteiger partial charge in [-0.3, -0.25) is 4.79 Å². The molecule has 76 valence electrons. The van der Waals surface area contributed by atoms with Crippen molar-refractivity contribution in [1.82, 2.24) is 0 Å². The Kier molecular flexibility index (Phi) is 2.23. The van der Waals surface area contributed by atoms with E-state index >= 15 is 0 Å². The maximum absolute atomic E-state index is 13.0. The molecule has 0 saturated heterocycles. The van der Waals surface area contributed by atoms with Crippen molar-refractivity contribution >= 4 is 17.1 Å². The van der Waals surface area contributed by atoms with E-state index in [0.717, 1.165) is 5.39 Å². The zero-order valence-electron chi connectivity index (χ0n) is 7.78. The summed E-state index contributed by atoms with van der Waals surface area (Å²) in [6.45, 7) is 0. The van der Waals surface area contributed by atoms with Gasteiger partial charge in [-0.25, -0.2) is 0 Å². The van der Waals surface area contributed by atoms with E-state index in [0.29, 0.717) is 5.39 Å². The van der Waals surface area contributed by atoms with Crippen LogP contribution in [0.5, 0.6) is 0 Å². The molecule has 3 heteroatoms. The highest BCUT2D eigenvalue weighted by Gasteiger charge is 2.30. The Hall–Kier alpha value is -1.77. The molecular weight excluding hydrogens is 198 g/mol. The Labute approximate surface area is 85.3 Å². The molecule has 0 spiro atoms. The van der Waals surface area contributed by atoms with E-state index in [-0.39, 0.29) is 11.8 Å². The molecule has 0 radical (unpaired) electrons. The predicted octanol–water partition coefficient (Wildman–Crippen LogP) is 3.13. The van der Waals surface area contributed by atoms with Crippen LogP contribution in [0.15, 0.2) is 42.5 Å². The molecule has 0 atom stereocenters. The van der Waals surface area contributed by atoms with Crippen LogP contribution in [0.4, 0.5) is 8.78 Å². The van der Waals surface area contributed by atoms with E-state index in [1.165, 1.54) is 12.1 Å². The lowest BCUT2D eigenvalue weighted by atomic mass is 10.0. The van der Waals surface area contributed by atoms with E-state index in [2.05, 4.69) is 0 Å². The molecule has 15 heavy (non-hydrogen) atoms. The number of halogens is 2. The number of carbonyl (C=O) groups is 1. The van der Waals surface area contributed by atoms with Crippen LogP contribution in [0.1, 0.15) is 5.56 Å². The monoisotopic (exact) mass is 206 g/mol. The molecule has 2 aromatic rings. The molecule has 0 saturated carbocycles. The second kappa shape index (κ2) is 3.42. The lowest BCUT2D eigenvalue weighted by molar-refractivity contribution is -0.130. The SMILES string of the molecule is O=CC(F)(F)c1ccc2ccccc2c1. The average Bonchev–Trinajstić information content (AvgIpc) is 2.28. The fourth-order valence-electron chi connectivity index (χ4n) is 1.46. The van der Waals surface area contributed by atoms with Crippen LogP contribution >= 0.6 is 0 Å². The van der Waals surface area contributed by atoms with Gasteiger partial charge in [0.2, 0.25) is 0 Å². The van der Waals surface area contributed by atoms with Crippen LogP contribution in [0.3, 0.4) is 0 Å². The zero-order valence-corrected chi connectivity index (χ0v) is 7.78. The van der Waals surface area contributed by atoms with Crippen LogP contribution in [-0.2, 0) is 10.7 Å². The predicted molar refractivity (Wildman–Crippen MR) is 53.9 cm³/mol.